The minimum absolute atomic E-state index is 0.613. The number of carbonyl (C=O) groups excluding carboxylic acids is 1. The molecular formula is C5H11N3O. The second kappa shape index (κ2) is 3.06. The van der Waals surface area contributed by atoms with Crippen LogP contribution in [0.5, 0.6) is 0 Å². The monoisotopic (exact) mass is 129 g/mol. The van der Waals surface area contributed by atoms with Crippen molar-refractivity contribution in [3.05, 3.63) is 0 Å². The van der Waals surface area contributed by atoms with Crippen LogP contribution in [0, 0.1) is 0 Å². The Bertz CT molecular complexity index is 139. The smallest absolute Gasteiger partial charge is 0.339 e. The Morgan fingerprint density at radius 2 is 2.00 bits per heavy atom. The Morgan fingerprint density at radius 3 is 2.11 bits per heavy atom. The standard InChI is InChI=1S/C5H11N3O/c1-4(8(2)3)7-5(6)9/h1-3H3,(H2,6,9)/b7-4+. The first kappa shape index (κ1) is 7.94. The van der Waals surface area contributed by atoms with E-state index in [2.05, 4.69) is 4.99 Å². The molecule has 0 heterocycles. The van der Waals surface area contributed by atoms with Crippen molar-refractivity contribution < 1.29 is 4.79 Å². The Kier molecular flexibility index (Phi) is 2.70. The molecule has 0 saturated carbocycles. The minimum atomic E-state index is -0.652. The number of aliphatic imine (C=N–C) groups is 1. The van der Waals surface area contributed by atoms with Crippen molar-refractivity contribution in [2.45, 2.75) is 6.92 Å². The van der Waals surface area contributed by atoms with Gasteiger partial charge in [0.05, 0.1) is 0 Å². The van der Waals surface area contributed by atoms with Gasteiger partial charge in [-0.2, -0.15) is 4.99 Å². The van der Waals surface area contributed by atoms with Crippen molar-refractivity contribution in [2.24, 2.45) is 10.7 Å². The maximum atomic E-state index is 10.1. The highest BCUT2D eigenvalue weighted by atomic mass is 16.2. The molecule has 0 radical (unpaired) electrons. The van der Waals surface area contributed by atoms with Crippen LogP contribution in [0.3, 0.4) is 0 Å². The molecule has 0 aliphatic carbocycles. The molecule has 4 heteroatoms. The number of hydrogen-bond donors (Lipinski definition) is 1. The van der Waals surface area contributed by atoms with Gasteiger partial charge in [-0.1, -0.05) is 0 Å². The number of amides is 2. The first-order valence-corrected chi connectivity index (χ1v) is 2.56. The molecule has 0 aromatic rings. The maximum Gasteiger partial charge on any atom is 0.339 e. The summed E-state index contributed by atoms with van der Waals surface area (Å²) in [5, 5.41) is 0. The lowest BCUT2D eigenvalue weighted by Gasteiger charge is -2.08. The second-order valence-corrected chi connectivity index (χ2v) is 1.89. The van der Waals surface area contributed by atoms with Crippen molar-refractivity contribution in [3.8, 4) is 0 Å². The Balaban J connectivity index is 4.00. The first-order valence-electron chi connectivity index (χ1n) is 2.56. The van der Waals surface area contributed by atoms with Gasteiger partial charge >= 0.3 is 6.03 Å². The Hall–Kier alpha value is -1.06. The van der Waals surface area contributed by atoms with Crippen LogP contribution in [0.1, 0.15) is 6.92 Å². The van der Waals surface area contributed by atoms with Crippen LogP contribution in [0.2, 0.25) is 0 Å². The molecule has 0 unspecified atom stereocenters. The van der Waals surface area contributed by atoms with Crippen molar-refractivity contribution in [1.82, 2.24) is 4.90 Å². The molecule has 2 amide bonds. The van der Waals surface area contributed by atoms with Gasteiger partial charge in [0.25, 0.3) is 0 Å². The molecule has 0 atom stereocenters. The number of nitrogens with zero attached hydrogens (tertiary/aromatic N) is 2. The molecule has 52 valence electrons. The molecule has 0 bridgehead atoms. The largest absolute Gasteiger partial charge is 0.366 e. The second-order valence-electron chi connectivity index (χ2n) is 1.89. The highest BCUT2D eigenvalue weighted by molar-refractivity contribution is 5.91. The number of hydrogen-bond acceptors (Lipinski definition) is 1. The van der Waals surface area contributed by atoms with E-state index in [0.717, 1.165) is 0 Å². The lowest BCUT2D eigenvalue weighted by molar-refractivity contribution is 0.256. The lowest BCUT2D eigenvalue weighted by atomic mass is 10.6. The molecule has 0 aliphatic heterocycles. The lowest BCUT2D eigenvalue weighted by Crippen LogP contribution is -2.21. The molecule has 0 aromatic carbocycles. The molecule has 0 saturated heterocycles. The van der Waals surface area contributed by atoms with Gasteiger partial charge in [0.1, 0.15) is 5.84 Å². The quantitative estimate of drug-likeness (QED) is 0.371. The van der Waals surface area contributed by atoms with E-state index in [9.17, 15) is 4.79 Å². The van der Waals surface area contributed by atoms with E-state index in [1.165, 1.54) is 0 Å². The van der Waals surface area contributed by atoms with Gasteiger partial charge in [-0.25, -0.2) is 4.79 Å². The highest BCUT2D eigenvalue weighted by Crippen LogP contribution is 1.80. The molecular weight excluding hydrogens is 118 g/mol. The van der Waals surface area contributed by atoms with Crippen molar-refractivity contribution in [1.29, 1.82) is 0 Å². The van der Waals surface area contributed by atoms with Gasteiger partial charge in [-0.15, -0.1) is 0 Å². The summed E-state index contributed by atoms with van der Waals surface area (Å²) >= 11 is 0. The Labute approximate surface area is 54.4 Å². The maximum absolute atomic E-state index is 10.1. The van der Waals surface area contributed by atoms with Crippen LogP contribution < -0.4 is 5.73 Å². The first-order chi connectivity index (χ1) is 4.04. The van der Waals surface area contributed by atoms with E-state index < -0.39 is 6.03 Å². The third kappa shape index (κ3) is 3.52. The van der Waals surface area contributed by atoms with Crippen LogP contribution in [0.15, 0.2) is 4.99 Å². The summed E-state index contributed by atoms with van der Waals surface area (Å²) in [6, 6.07) is -0.652. The molecule has 0 rings (SSSR count). The molecule has 0 spiro atoms. The van der Waals surface area contributed by atoms with E-state index in [1.807, 2.05) is 0 Å². The summed E-state index contributed by atoms with van der Waals surface area (Å²) in [6.45, 7) is 1.71. The van der Waals surface area contributed by atoms with E-state index in [1.54, 1.807) is 25.9 Å². The number of rotatable bonds is 0. The van der Waals surface area contributed by atoms with Crippen LogP contribution in [0.25, 0.3) is 0 Å². The zero-order chi connectivity index (χ0) is 7.44. The fourth-order valence-corrected chi connectivity index (χ4v) is 0.259. The van der Waals surface area contributed by atoms with E-state index in [0.29, 0.717) is 5.84 Å². The molecule has 2 N–H and O–H groups in total. The highest BCUT2D eigenvalue weighted by Gasteiger charge is 1.93. The van der Waals surface area contributed by atoms with E-state index in [4.69, 9.17) is 5.73 Å². The van der Waals surface area contributed by atoms with Crippen molar-refractivity contribution >= 4 is 11.9 Å². The van der Waals surface area contributed by atoms with Gasteiger partial charge in [0, 0.05) is 14.1 Å². The molecule has 9 heavy (non-hydrogen) atoms. The zero-order valence-corrected chi connectivity index (χ0v) is 5.88. The van der Waals surface area contributed by atoms with Crippen LogP contribution in [-0.2, 0) is 0 Å². The number of primary amides is 1. The SMILES string of the molecule is C/C(=N\C(N)=O)N(C)C. The molecule has 0 fully saturated rings. The fraction of sp³-hybridized carbons (Fsp3) is 0.600. The number of nitrogens with two attached hydrogens (primary N) is 1. The predicted molar refractivity (Wildman–Crippen MR) is 36.4 cm³/mol. The normalized spacial score (nSPS) is 11.2. The molecule has 4 nitrogen and oxygen atoms in total. The summed E-state index contributed by atoms with van der Waals surface area (Å²) in [5.41, 5.74) is 4.78. The number of carbonyl (C=O) groups is 1. The summed E-state index contributed by atoms with van der Waals surface area (Å²) in [7, 11) is 3.59. The van der Waals surface area contributed by atoms with Crippen molar-refractivity contribution in [2.75, 3.05) is 14.1 Å². The van der Waals surface area contributed by atoms with Crippen LogP contribution >= 0.6 is 0 Å². The summed E-state index contributed by atoms with van der Waals surface area (Å²) < 4.78 is 0. The minimum Gasteiger partial charge on any atom is -0.366 e. The Morgan fingerprint density at radius 1 is 1.56 bits per heavy atom. The number of amidine groups is 1. The van der Waals surface area contributed by atoms with Gasteiger partial charge in [0.2, 0.25) is 0 Å². The van der Waals surface area contributed by atoms with E-state index >= 15 is 0 Å². The van der Waals surface area contributed by atoms with Crippen LogP contribution in [0.4, 0.5) is 4.79 Å². The summed E-state index contributed by atoms with van der Waals surface area (Å²) in [4.78, 5) is 15.3. The summed E-state index contributed by atoms with van der Waals surface area (Å²) in [5.74, 6) is 0.613. The molecule has 0 aliphatic rings. The van der Waals surface area contributed by atoms with Gasteiger partial charge in [-0.3, -0.25) is 0 Å². The van der Waals surface area contributed by atoms with Crippen molar-refractivity contribution in [3.63, 3.8) is 0 Å². The van der Waals surface area contributed by atoms with Gasteiger partial charge in [-0.05, 0) is 6.92 Å². The average molecular weight is 129 g/mol. The predicted octanol–water partition coefficient (Wildman–Crippen LogP) is 0.0451. The number of urea groups is 1. The van der Waals surface area contributed by atoms with E-state index in [-0.39, 0.29) is 0 Å². The fourth-order valence-electron chi connectivity index (χ4n) is 0.259. The van der Waals surface area contributed by atoms with Gasteiger partial charge in [0.15, 0.2) is 0 Å². The average Bonchev–Trinajstić information content (AvgIpc) is 1.63. The summed E-state index contributed by atoms with van der Waals surface area (Å²) in [6.07, 6.45) is 0. The third-order valence-electron chi connectivity index (χ3n) is 0.919. The zero-order valence-electron chi connectivity index (χ0n) is 5.88. The topological polar surface area (TPSA) is 58.7 Å². The van der Waals surface area contributed by atoms with Crippen LogP contribution in [-0.4, -0.2) is 30.9 Å². The third-order valence-corrected chi connectivity index (χ3v) is 0.919. The molecule has 0 aromatic heterocycles. The van der Waals surface area contributed by atoms with Gasteiger partial charge < -0.3 is 10.6 Å².